The number of piperidine rings is 1. The first-order chi connectivity index (χ1) is 13.9. The Kier molecular flexibility index (Phi) is 5.87. The number of amides is 3. The van der Waals surface area contributed by atoms with Crippen LogP contribution in [0, 0.1) is 0 Å². The molecule has 1 saturated heterocycles. The molecule has 3 rings (SSSR count). The number of benzene rings is 2. The topological polar surface area (TPSA) is 93.7 Å². The Labute approximate surface area is 169 Å². The van der Waals surface area contributed by atoms with Crippen molar-refractivity contribution < 1.29 is 23.9 Å². The third-order valence-electron chi connectivity index (χ3n) is 5.38. The number of rotatable bonds is 6. The van der Waals surface area contributed by atoms with E-state index in [9.17, 15) is 14.4 Å². The lowest BCUT2D eigenvalue weighted by Gasteiger charge is -2.35. The van der Waals surface area contributed by atoms with E-state index < -0.39 is 5.41 Å². The Bertz CT molecular complexity index is 916. The fourth-order valence-electron chi connectivity index (χ4n) is 3.58. The van der Waals surface area contributed by atoms with E-state index in [1.807, 2.05) is 19.1 Å². The van der Waals surface area contributed by atoms with Gasteiger partial charge in [-0.25, -0.2) is 0 Å². The molecule has 7 heteroatoms. The number of anilines is 1. The second-order valence-electron chi connectivity index (χ2n) is 6.95. The molecule has 0 aliphatic carbocycles. The number of hydrogen-bond acceptors (Lipinski definition) is 5. The average Bonchev–Trinajstić information content (AvgIpc) is 2.74. The van der Waals surface area contributed by atoms with Crippen molar-refractivity contribution in [3.05, 3.63) is 53.6 Å². The fraction of sp³-hybridized carbons (Fsp3) is 0.318. The van der Waals surface area contributed by atoms with E-state index in [2.05, 4.69) is 10.6 Å². The predicted octanol–water partition coefficient (Wildman–Crippen LogP) is 3.04. The summed E-state index contributed by atoms with van der Waals surface area (Å²) in [5.41, 5.74) is 1.10. The van der Waals surface area contributed by atoms with Crippen molar-refractivity contribution in [2.75, 3.05) is 19.5 Å². The lowest BCUT2D eigenvalue weighted by atomic mass is 9.72. The molecule has 0 radical (unpaired) electrons. The first kappa shape index (κ1) is 20.4. The number of methoxy groups -OCH3 is 2. The van der Waals surface area contributed by atoms with E-state index in [0.717, 1.165) is 5.56 Å². The van der Waals surface area contributed by atoms with Gasteiger partial charge in [-0.05, 0) is 42.7 Å². The van der Waals surface area contributed by atoms with Gasteiger partial charge >= 0.3 is 0 Å². The maximum Gasteiger partial charge on any atom is 0.255 e. The smallest absolute Gasteiger partial charge is 0.255 e. The van der Waals surface area contributed by atoms with Crippen LogP contribution in [0.2, 0.25) is 0 Å². The molecular weight excluding hydrogens is 372 g/mol. The van der Waals surface area contributed by atoms with E-state index in [4.69, 9.17) is 9.47 Å². The fourth-order valence-corrected chi connectivity index (χ4v) is 3.58. The predicted molar refractivity (Wildman–Crippen MR) is 108 cm³/mol. The number of imide groups is 1. The third kappa shape index (κ3) is 4.08. The Morgan fingerprint density at radius 3 is 2.21 bits per heavy atom. The van der Waals surface area contributed by atoms with Gasteiger partial charge in [-0.3, -0.25) is 19.7 Å². The van der Waals surface area contributed by atoms with E-state index >= 15 is 0 Å². The van der Waals surface area contributed by atoms with Gasteiger partial charge in [-0.2, -0.15) is 0 Å². The van der Waals surface area contributed by atoms with E-state index in [-0.39, 0.29) is 17.7 Å². The van der Waals surface area contributed by atoms with E-state index in [0.29, 0.717) is 42.0 Å². The molecule has 2 aromatic carbocycles. The average molecular weight is 396 g/mol. The van der Waals surface area contributed by atoms with Gasteiger partial charge in [0.1, 0.15) is 11.5 Å². The van der Waals surface area contributed by atoms with Gasteiger partial charge in [0.2, 0.25) is 11.8 Å². The molecule has 0 aromatic heterocycles. The molecule has 0 spiro atoms. The lowest BCUT2D eigenvalue weighted by molar-refractivity contribution is -0.138. The number of ether oxygens (including phenoxy) is 2. The lowest BCUT2D eigenvalue weighted by Crippen LogP contribution is -2.51. The van der Waals surface area contributed by atoms with Gasteiger partial charge < -0.3 is 14.8 Å². The van der Waals surface area contributed by atoms with Crippen LogP contribution < -0.4 is 20.1 Å². The molecule has 152 valence electrons. The number of carbonyl (C=O) groups is 3. The van der Waals surface area contributed by atoms with Crippen LogP contribution in [-0.2, 0) is 15.0 Å². The summed E-state index contributed by atoms with van der Waals surface area (Å²) in [6, 6.07) is 12.1. The normalized spacial score (nSPS) is 18.7. The highest BCUT2D eigenvalue weighted by atomic mass is 16.5. The molecule has 1 aliphatic rings. The van der Waals surface area contributed by atoms with E-state index in [1.165, 1.54) is 14.2 Å². The van der Waals surface area contributed by atoms with Gasteiger partial charge in [0.05, 0.1) is 19.6 Å². The highest BCUT2D eigenvalue weighted by Gasteiger charge is 2.42. The molecule has 1 heterocycles. The molecule has 3 amide bonds. The van der Waals surface area contributed by atoms with Crippen LogP contribution in [0.3, 0.4) is 0 Å². The molecule has 1 atom stereocenters. The van der Waals surface area contributed by atoms with Gasteiger partial charge in [0, 0.05) is 23.7 Å². The molecule has 1 aliphatic heterocycles. The molecule has 2 N–H and O–H groups in total. The zero-order valence-corrected chi connectivity index (χ0v) is 16.7. The molecule has 0 bridgehead atoms. The van der Waals surface area contributed by atoms with Gasteiger partial charge in [0.25, 0.3) is 5.91 Å². The highest BCUT2D eigenvalue weighted by Crippen LogP contribution is 2.36. The second kappa shape index (κ2) is 8.34. The van der Waals surface area contributed by atoms with Crippen LogP contribution in [0.5, 0.6) is 11.5 Å². The van der Waals surface area contributed by atoms with Crippen LogP contribution in [-0.4, -0.2) is 31.9 Å². The largest absolute Gasteiger partial charge is 0.497 e. The van der Waals surface area contributed by atoms with Crippen molar-refractivity contribution in [3.8, 4) is 11.5 Å². The zero-order chi connectivity index (χ0) is 21.0. The summed E-state index contributed by atoms with van der Waals surface area (Å²) in [6.45, 7) is 1.93. The summed E-state index contributed by atoms with van der Waals surface area (Å²) in [5.74, 6) is 0.231. The summed E-state index contributed by atoms with van der Waals surface area (Å²) in [4.78, 5) is 36.6. The summed E-state index contributed by atoms with van der Waals surface area (Å²) < 4.78 is 10.4. The molecule has 1 fully saturated rings. The van der Waals surface area contributed by atoms with Gasteiger partial charge in [-0.15, -0.1) is 0 Å². The van der Waals surface area contributed by atoms with Gasteiger partial charge in [-0.1, -0.05) is 19.1 Å². The van der Waals surface area contributed by atoms with Crippen LogP contribution in [0.1, 0.15) is 42.1 Å². The number of nitrogens with one attached hydrogen (secondary N) is 2. The van der Waals surface area contributed by atoms with Crippen molar-refractivity contribution in [1.29, 1.82) is 0 Å². The molecule has 7 nitrogen and oxygen atoms in total. The summed E-state index contributed by atoms with van der Waals surface area (Å²) in [5, 5.41) is 5.27. The third-order valence-corrected chi connectivity index (χ3v) is 5.38. The molecule has 1 unspecified atom stereocenters. The Balaban J connectivity index is 1.79. The Morgan fingerprint density at radius 2 is 1.69 bits per heavy atom. The minimum absolute atomic E-state index is 0.239. The minimum Gasteiger partial charge on any atom is -0.497 e. The van der Waals surface area contributed by atoms with Gasteiger partial charge in [0.15, 0.2) is 0 Å². The quantitative estimate of drug-likeness (QED) is 0.732. The molecule has 0 saturated carbocycles. The monoisotopic (exact) mass is 396 g/mol. The van der Waals surface area contributed by atoms with Crippen molar-refractivity contribution in [3.63, 3.8) is 0 Å². The van der Waals surface area contributed by atoms with E-state index in [1.54, 1.807) is 30.3 Å². The highest BCUT2D eigenvalue weighted by molar-refractivity contribution is 6.05. The molecule has 29 heavy (non-hydrogen) atoms. The van der Waals surface area contributed by atoms with Crippen molar-refractivity contribution >= 4 is 23.4 Å². The number of hydrogen-bond donors (Lipinski definition) is 2. The Morgan fingerprint density at radius 1 is 1.07 bits per heavy atom. The minimum atomic E-state index is -0.726. The number of carbonyl (C=O) groups excluding carboxylic acids is 3. The summed E-state index contributed by atoms with van der Waals surface area (Å²) in [7, 11) is 3.04. The van der Waals surface area contributed by atoms with Crippen LogP contribution in [0.4, 0.5) is 5.69 Å². The van der Waals surface area contributed by atoms with Crippen molar-refractivity contribution in [1.82, 2.24) is 5.32 Å². The van der Waals surface area contributed by atoms with Crippen molar-refractivity contribution in [2.45, 2.75) is 31.6 Å². The maximum absolute atomic E-state index is 12.6. The molecule has 2 aromatic rings. The maximum atomic E-state index is 12.6. The Hall–Kier alpha value is -3.35. The molecular formula is C22H24N2O5. The SMILES string of the molecule is CCC1(c2ccc(NC(=O)c3cc(OC)cc(OC)c3)cc2)CCC(=O)NC1=O. The first-order valence-electron chi connectivity index (χ1n) is 9.41. The standard InChI is InChI=1S/C22H24N2O5/c1-4-22(10-9-19(25)24-21(22)27)15-5-7-16(8-6-15)23-20(26)14-11-17(28-2)13-18(12-14)29-3/h5-8,11-13H,4,9-10H2,1-3H3,(H,23,26)(H,24,25,27). The van der Waals surface area contributed by atoms with Crippen LogP contribution >= 0.6 is 0 Å². The summed E-state index contributed by atoms with van der Waals surface area (Å²) in [6.07, 6.45) is 1.38. The van der Waals surface area contributed by atoms with Crippen LogP contribution in [0.15, 0.2) is 42.5 Å². The van der Waals surface area contributed by atoms with Crippen LogP contribution in [0.25, 0.3) is 0 Å². The van der Waals surface area contributed by atoms with Crippen molar-refractivity contribution in [2.24, 2.45) is 0 Å². The first-order valence-corrected chi connectivity index (χ1v) is 9.41. The zero-order valence-electron chi connectivity index (χ0n) is 16.7. The summed E-state index contributed by atoms with van der Waals surface area (Å²) >= 11 is 0. The second-order valence-corrected chi connectivity index (χ2v) is 6.95.